The van der Waals surface area contributed by atoms with E-state index in [1.807, 2.05) is 25.1 Å². The van der Waals surface area contributed by atoms with Crippen molar-refractivity contribution in [2.45, 2.75) is 19.8 Å². The van der Waals surface area contributed by atoms with Gasteiger partial charge in [0.2, 0.25) is 5.91 Å². The standard InChI is InChI=1S/C18H19BrN2O3/c1-12-2-3-16(15(19)10-12)20-17(22)13-4-7-21(8-5-13)18(23)14-6-9-24-11-14/h2-3,6,9-11,13H,4-5,7-8H2,1H3,(H,20,22). The Morgan fingerprint density at radius 2 is 2.00 bits per heavy atom. The zero-order valence-electron chi connectivity index (χ0n) is 13.4. The Labute approximate surface area is 149 Å². The van der Waals surface area contributed by atoms with Crippen LogP contribution in [0.5, 0.6) is 0 Å². The third kappa shape index (κ3) is 3.70. The van der Waals surface area contributed by atoms with Crippen LogP contribution in [0.1, 0.15) is 28.8 Å². The van der Waals surface area contributed by atoms with Crippen molar-refractivity contribution in [1.82, 2.24) is 4.90 Å². The van der Waals surface area contributed by atoms with Crippen molar-refractivity contribution in [3.05, 3.63) is 52.4 Å². The molecule has 1 N–H and O–H groups in total. The number of rotatable bonds is 3. The fourth-order valence-corrected chi connectivity index (χ4v) is 3.46. The highest BCUT2D eigenvalue weighted by atomic mass is 79.9. The third-order valence-electron chi connectivity index (χ3n) is 4.30. The van der Waals surface area contributed by atoms with Crippen LogP contribution in [0.25, 0.3) is 0 Å². The second kappa shape index (κ2) is 7.21. The van der Waals surface area contributed by atoms with Crippen molar-refractivity contribution in [3.63, 3.8) is 0 Å². The number of furan rings is 1. The zero-order valence-corrected chi connectivity index (χ0v) is 15.0. The quantitative estimate of drug-likeness (QED) is 0.865. The molecule has 0 aliphatic carbocycles. The van der Waals surface area contributed by atoms with Crippen LogP contribution >= 0.6 is 15.9 Å². The van der Waals surface area contributed by atoms with Gasteiger partial charge in [0, 0.05) is 23.5 Å². The molecule has 2 heterocycles. The van der Waals surface area contributed by atoms with E-state index in [9.17, 15) is 9.59 Å². The molecule has 0 saturated carbocycles. The summed E-state index contributed by atoms with van der Waals surface area (Å²) in [4.78, 5) is 26.5. The van der Waals surface area contributed by atoms with Gasteiger partial charge in [0.05, 0.1) is 17.5 Å². The number of piperidine rings is 1. The number of likely N-dealkylation sites (tertiary alicyclic amines) is 1. The molecular formula is C18H19BrN2O3. The summed E-state index contributed by atoms with van der Waals surface area (Å²) in [5.41, 5.74) is 2.47. The minimum Gasteiger partial charge on any atom is -0.472 e. The number of anilines is 1. The number of amides is 2. The number of nitrogens with one attached hydrogen (secondary N) is 1. The molecule has 2 amide bonds. The maximum atomic E-state index is 12.5. The lowest BCUT2D eigenvalue weighted by Gasteiger charge is -2.31. The van der Waals surface area contributed by atoms with Crippen molar-refractivity contribution < 1.29 is 14.0 Å². The summed E-state index contributed by atoms with van der Waals surface area (Å²) in [7, 11) is 0. The Bertz CT molecular complexity index is 735. The topological polar surface area (TPSA) is 62.6 Å². The van der Waals surface area contributed by atoms with Crippen molar-refractivity contribution >= 4 is 33.4 Å². The van der Waals surface area contributed by atoms with Gasteiger partial charge in [0.15, 0.2) is 0 Å². The van der Waals surface area contributed by atoms with Gasteiger partial charge in [-0.15, -0.1) is 0 Å². The van der Waals surface area contributed by atoms with Crippen LogP contribution in [0.15, 0.2) is 45.7 Å². The van der Waals surface area contributed by atoms with E-state index < -0.39 is 0 Å². The van der Waals surface area contributed by atoms with E-state index in [4.69, 9.17) is 4.42 Å². The summed E-state index contributed by atoms with van der Waals surface area (Å²) < 4.78 is 5.83. The van der Waals surface area contributed by atoms with E-state index in [-0.39, 0.29) is 17.7 Å². The van der Waals surface area contributed by atoms with Crippen LogP contribution in [-0.4, -0.2) is 29.8 Å². The maximum absolute atomic E-state index is 12.5. The van der Waals surface area contributed by atoms with Gasteiger partial charge in [0.1, 0.15) is 6.26 Å². The molecule has 1 saturated heterocycles. The Balaban J connectivity index is 1.56. The van der Waals surface area contributed by atoms with Gasteiger partial charge in [-0.25, -0.2) is 0 Å². The number of carbonyl (C=O) groups is 2. The average Bonchev–Trinajstić information content (AvgIpc) is 3.11. The van der Waals surface area contributed by atoms with E-state index >= 15 is 0 Å². The average molecular weight is 391 g/mol. The molecule has 24 heavy (non-hydrogen) atoms. The predicted molar refractivity (Wildman–Crippen MR) is 94.8 cm³/mol. The SMILES string of the molecule is Cc1ccc(NC(=O)C2CCN(C(=O)c3ccoc3)CC2)c(Br)c1. The fraction of sp³-hybridized carbons (Fsp3) is 0.333. The normalized spacial score (nSPS) is 15.3. The predicted octanol–water partition coefficient (Wildman–Crippen LogP) is 3.84. The smallest absolute Gasteiger partial charge is 0.257 e. The molecule has 6 heteroatoms. The van der Waals surface area contributed by atoms with Gasteiger partial charge < -0.3 is 14.6 Å². The van der Waals surface area contributed by atoms with E-state index in [1.54, 1.807) is 11.0 Å². The molecule has 1 aliphatic rings. The number of benzene rings is 1. The maximum Gasteiger partial charge on any atom is 0.257 e. The molecule has 126 valence electrons. The molecule has 2 aromatic rings. The summed E-state index contributed by atoms with van der Waals surface area (Å²) in [5, 5.41) is 2.97. The monoisotopic (exact) mass is 390 g/mol. The lowest BCUT2D eigenvalue weighted by molar-refractivity contribution is -0.121. The summed E-state index contributed by atoms with van der Waals surface area (Å²) in [6.07, 6.45) is 4.28. The molecule has 1 aromatic heterocycles. The summed E-state index contributed by atoms with van der Waals surface area (Å²) in [6.45, 7) is 3.16. The summed E-state index contributed by atoms with van der Waals surface area (Å²) >= 11 is 3.47. The summed E-state index contributed by atoms with van der Waals surface area (Å²) in [5.74, 6) is -0.106. The van der Waals surface area contributed by atoms with Gasteiger partial charge in [-0.1, -0.05) is 6.07 Å². The molecule has 0 spiro atoms. The van der Waals surface area contributed by atoms with E-state index in [0.29, 0.717) is 31.5 Å². The Hall–Kier alpha value is -2.08. The van der Waals surface area contributed by atoms with Crippen LogP contribution in [0.2, 0.25) is 0 Å². The van der Waals surface area contributed by atoms with E-state index in [2.05, 4.69) is 21.2 Å². The minimum absolute atomic E-state index is 0.00923. The third-order valence-corrected chi connectivity index (χ3v) is 4.96. The second-order valence-electron chi connectivity index (χ2n) is 6.05. The Morgan fingerprint density at radius 3 is 2.62 bits per heavy atom. The fourth-order valence-electron chi connectivity index (χ4n) is 2.87. The summed E-state index contributed by atoms with van der Waals surface area (Å²) in [6, 6.07) is 7.50. The first-order chi connectivity index (χ1) is 11.5. The van der Waals surface area contributed by atoms with Gasteiger partial charge in [-0.2, -0.15) is 0 Å². The van der Waals surface area contributed by atoms with Crippen molar-refractivity contribution in [2.24, 2.45) is 5.92 Å². The first-order valence-corrected chi connectivity index (χ1v) is 8.72. The molecule has 0 radical (unpaired) electrons. The van der Waals surface area contributed by atoms with Crippen molar-refractivity contribution in [3.8, 4) is 0 Å². The van der Waals surface area contributed by atoms with Crippen LogP contribution in [-0.2, 0) is 4.79 Å². The molecule has 0 atom stereocenters. The second-order valence-corrected chi connectivity index (χ2v) is 6.91. The van der Waals surface area contributed by atoms with E-state index in [1.165, 1.54) is 12.5 Å². The largest absolute Gasteiger partial charge is 0.472 e. The molecule has 0 unspecified atom stereocenters. The molecular weight excluding hydrogens is 372 g/mol. The van der Waals surface area contributed by atoms with Crippen LogP contribution < -0.4 is 5.32 Å². The van der Waals surface area contributed by atoms with Gasteiger partial charge >= 0.3 is 0 Å². The Morgan fingerprint density at radius 1 is 1.25 bits per heavy atom. The number of hydrogen-bond acceptors (Lipinski definition) is 3. The number of halogens is 1. The first kappa shape index (κ1) is 16.8. The first-order valence-electron chi connectivity index (χ1n) is 7.93. The molecule has 1 aromatic carbocycles. The van der Waals surface area contributed by atoms with Gasteiger partial charge in [-0.05, 0) is 59.5 Å². The van der Waals surface area contributed by atoms with E-state index in [0.717, 1.165) is 15.7 Å². The molecule has 1 aliphatic heterocycles. The molecule has 5 nitrogen and oxygen atoms in total. The lowest BCUT2D eigenvalue weighted by Crippen LogP contribution is -2.41. The van der Waals surface area contributed by atoms with Gasteiger partial charge in [-0.3, -0.25) is 9.59 Å². The lowest BCUT2D eigenvalue weighted by atomic mass is 9.95. The molecule has 0 bridgehead atoms. The highest BCUT2D eigenvalue weighted by Gasteiger charge is 2.28. The van der Waals surface area contributed by atoms with Crippen LogP contribution in [0.4, 0.5) is 5.69 Å². The van der Waals surface area contributed by atoms with Crippen molar-refractivity contribution in [2.75, 3.05) is 18.4 Å². The number of hydrogen-bond donors (Lipinski definition) is 1. The van der Waals surface area contributed by atoms with Crippen LogP contribution in [0.3, 0.4) is 0 Å². The van der Waals surface area contributed by atoms with Crippen LogP contribution in [0, 0.1) is 12.8 Å². The van der Waals surface area contributed by atoms with Gasteiger partial charge in [0.25, 0.3) is 5.91 Å². The highest BCUT2D eigenvalue weighted by molar-refractivity contribution is 9.10. The van der Waals surface area contributed by atoms with Crippen molar-refractivity contribution in [1.29, 1.82) is 0 Å². The number of carbonyl (C=O) groups excluding carboxylic acids is 2. The number of nitrogens with zero attached hydrogens (tertiary/aromatic N) is 1. The molecule has 3 rings (SSSR count). The Kier molecular flexibility index (Phi) is 5.04. The minimum atomic E-state index is -0.0772. The zero-order chi connectivity index (χ0) is 17.1. The highest BCUT2D eigenvalue weighted by Crippen LogP contribution is 2.26. The number of aryl methyl sites for hydroxylation is 1. The molecule has 1 fully saturated rings.